The highest BCUT2D eigenvalue weighted by Crippen LogP contribution is 2.24. The molecule has 1 N–H and O–H groups in total. The summed E-state index contributed by atoms with van der Waals surface area (Å²) in [5.74, 6) is 0.623. The second kappa shape index (κ2) is 6.00. The highest BCUT2D eigenvalue weighted by molar-refractivity contribution is 5.92. The van der Waals surface area contributed by atoms with E-state index in [1.807, 2.05) is 37.3 Å². The van der Waals surface area contributed by atoms with Crippen molar-refractivity contribution in [3.63, 3.8) is 0 Å². The Morgan fingerprint density at radius 3 is 2.81 bits per heavy atom. The summed E-state index contributed by atoms with van der Waals surface area (Å²) in [5.41, 5.74) is 4.65. The molecule has 3 nitrogen and oxygen atoms in total. The van der Waals surface area contributed by atoms with Crippen LogP contribution in [0, 0.1) is 6.92 Å². The Balaban J connectivity index is 1.58. The predicted molar refractivity (Wildman–Crippen MR) is 83.8 cm³/mol. The molecule has 1 aliphatic carbocycles. The molecule has 0 bridgehead atoms. The summed E-state index contributed by atoms with van der Waals surface area (Å²) >= 11 is 0. The number of hydrogen-bond donors (Lipinski definition) is 1. The normalized spacial score (nSPS) is 12.8. The third-order valence-electron chi connectivity index (χ3n) is 3.83. The van der Waals surface area contributed by atoms with Crippen LogP contribution in [0.1, 0.15) is 23.1 Å². The smallest absolute Gasteiger partial charge is 0.262 e. The Morgan fingerprint density at radius 1 is 1.14 bits per heavy atom. The second-order valence-electron chi connectivity index (χ2n) is 5.44. The molecule has 3 heteroatoms. The van der Waals surface area contributed by atoms with Gasteiger partial charge in [-0.1, -0.05) is 24.3 Å². The molecule has 0 heterocycles. The molecule has 0 fully saturated rings. The van der Waals surface area contributed by atoms with Crippen molar-refractivity contribution in [3.05, 3.63) is 59.2 Å². The zero-order valence-corrected chi connectivity index (χ0v) is 12.2. The molecule has 0 unspecified atom stereocenters. The van der Waals surface area contributed by atoms with Crippen LogP contribution in [-0.4, -0.2) is 12.5 Å². The molecule has 0 radical (unpaired) electrons. The van der Waals surface area contributed by atoms with E-state index >= 15 is 0 Å². The number of benzene rings is 2. The number of para-hydroxylation sites is 1. The van der Waals surface area contributed by atoms with Crippen LogP contribution in [-0.2, 0) is 17.6 Å². The number of rotatable bonds is 4. The number of aryl methyl sites for hydroxylation is 3. The monoisotopic (exact) mass is 281 g/mol. The molecule has 0 aromatic heterocycles. The van der Waals surface area contributed by atoms with Gasteiger partial charge >= 0.3 is 0 Å². The summed E-state index contributed by atoms with van der Waals surface area (Å²) in [4.78, 5) is 12.0. The molecule has 3 rings (SSSR count). The molecule has 108 valence electrons. The van der Waals surface area contributed by atoms with Gasteiger partial charge in [-0.2, -0.15) is 0 Å². The Hall–Kier alpha value is -2.29. The quantitative estimate of drug-likeness (QED) is 0.931. The summed E-state index contributed by atoms with van der Waals surface area (Å²) in [6.45, 7) is 2.00. The molecule has 0 spiro atoms. The molecule has 1 amide bonds. The SMILES string of the molecule is Cc1ccccc1OCC(=O)Nc1ccc2c(c1)CCC2. The largest absolute Gasteiger partial charge is 0.483 e. The molecule has 0 aliphatic heterocycles. The van der Waals surface area contributed by atoms with Gasteiger partial charge in [-0.05, 0) is 61.1 Å². The summed E-state index contributed by atoms with van der Waals surface area (Å²) in [6, 6.07) is 13.9. The lowest BCUT2D eigenvalue weighted by Crippen LogP contribution is -2.20. The van der Waals surface area contributed by atoms with Crippen LogP contribution in [0.4, 0.5) is 5.69 Å². The molecule has 2 aromatic carbocycles. The number of amides is 1. The number of nitrogens with one attached hydrogen (secondary N) is 1. The molecule has 1 aliphatic rings. The zero-order valence-electron chi connectivity index (χ0n) is 12.2. The summed E-state index contributed by atoms with van der Waals surface area (Å²) < 4.78 is 5.55. The minimum atomic E-state index is -0.129. The van der Waals surface area contributed by atoms with Crippen LogP contribution in [0.5, 0.6) is 5.75 Å². The highest BCUT2D eigenvalue weighted by atomic mass is 16.5. The van der Waals surface area contributed by atoms with E-state index in [2.05, 4.69) is 17.4 Å². The van der Waals surface area contributed by atoms with Crippen molar-refractivity contribution in [1.29, 1.82) is 0 Å². The van der Waals surface area contributed by atoms with Gasteiger partial charge in [-0.25, -0.2) is 0 Å². The van der Waals surface area contributed by atoms with Gasteiger partial charge in [0.25, 0.3) is 5.91 Å². The second-order valence-corrected chi connectivity index (χ2v) is 5.44. The van der Waals surface area contributed by atoms with E-state index in [9.17, 15) is 4.79 Å². The van der Waals surface area contributed by atoms with Gasteiger partial charge in [0.05, 0.1) is 0 Å². The highest BCUT2D eigenvalue weighted by Gasteiger charge is 2.12. The van der Waals surface area contributed by atoms with E-state index in [0.29, 0.717) is 0 Å². The predicted octanol–water partition coefficient (Wildman–Crippen LogP) is 3.50. The number of carbonyl (C=O) groups is 1. The minimum absolute atomic E-state index is 0.0297. The van der Waals surface area contributed by atoms with Crippen molar-refractivity contribution in [2.24, 2.45) is 0 Å². The van der Waals surface area contributed by atoms with Gasteiger partial charge in [0, 0.05) is 5.69 Å². The van der Waals surface area contributed by atoms with E-state index in [-0.39, 0.29) is 12.5 Å². The van der Waals surface area contributed by atoms with Crippen molar-refractivity contribution >= 4 is 11.6 Å². The maximum atomic E-state index is 12.0. The Labute approximate surface area is 124 Å². The van der Waals surface area contributed by atoms with E-state index in [4.69, 9.17) is 4.74 Å². The van der Waals surface area contributed by atoms with Crippen molar-refractivity contribution in [2.45, 2.75) is 26.2 Å². The van der Waals surface area contributed by atoms with Gasteiger partial charge in [-0.3, -0.25) is 4.79 Å². The van der Waals surface area contributed by atoms with E-state index < -0.39 is 0 Å². The van der Waals surface area contributed by atoms with Gasteiger partial charge in [0.2, 0.25) is 0 Å². The standard InChI is InChI=1S/C18H19NO2/c1-13-5-2-3-8-17(13)21-12-18(20)19-16-10-9-14-6-4-7-15(14)11-16/h2-3,5,8-11H,4,6-7,12H2,1H3,(H,19,20). The van der Waals surface area contributed by atoms with Crippen LogP contribution in [0.3, 0.4) is 0 Å². The van der Waals surface area contributed by atoms with Crippen molar-refractivity contribution in [1.82, 2.24) is 0 Å². The lowest BCUT2D eigenvalue weighted by molar-refractivity contribution is -0.118. The van der Waals surface area contributed by atoms with Gasteiger partial charge < -0.3 is 10.1 Å². The number of carbonyl (C=O) groups excluding carboxylic acids is 1. The lowest BCUT2D eigenvalue weighted by Gasteiger charge is -2.10. The van der Waals surface area contributed by atoms with Crippen LogP contribution in [0.2, 0.25) is 0 Å². The molecule has 0 saturated carbocycles. The van der Waals surface area contributed by atoms with Crippen molar-refractivity contribution < 1.29 is 9.53 Å². The van der Waals surface area contributed by atoms with Gasteiger partial charge in [0.1, 0.15) is 5.75 Å². The van der Waals surface area contributed by atoms with Gasteiger partial charge in [-0.15, -0.1) is 0 Å². The molecular weight excluding hydrogens is 262 g/mol. The lowest BCUT2D eigenvalue weighted by atomic mass is 10.1. The molecule has 2 aromatic rings. The Bertz CT molecular complexity index is 664. The number of hydrogen-bond acceptors (Lipinski definition) is 2. The Kier molecular flexibility index (Phi) is 3.91. The zero-order chi connectivity index (χ0) is 14.7. The third-order valence-corrected chi connectivity index (χ3v) is 3.83. The first kappa shape index (κ1) is 13.7. The first-order valence-corrected chi connectivity index (χ1v) is 7.32. The summed E-state index contributed by atoms with van der Waals surface area (Å²) in [6.07, 6.45) is 3.47. The third kappa shape index (κ3) is 3.24. The maximum absolute atomic E-state index is 12.0. The van der Waals surface area contributed by atoms with Crippen LogP contribution in [0.25, 0.3) is 0 Å². The minimum Gasteiger partial charge on any atom is -0.483 e. The molecule has 0 atom stereocenters. The molecule has 21 heavy (non-hydrogen) atoms. The van der Waals surface area contributed by atoms with Crippen LogP contribution >= 0.6 is 0 Å². The van der Waals surface area contributed by atoms with Crippen molar-refractivity contribution in [2.75, 3.05) is 11.9 Å². The summed E-state index contributed by atoms with van der Waals surface area (Å²) in [7, 11) is 0. The van der Waals surface area contributed by atoms with E-state index in [1.165, 1.54) is 17.5 Å². The fraction of sp³-hybridized carbons (Fsp3) is 0.278. The fourth-order valence-electron chi connectivity index (χ4n) is 2.71. The number of anilines is 1. The van der Waals surface area contributed by atoms with Crippen molar-refractivity contribution in [3.8, 4) is 5.75 Å². The van der Waals surface area contributed by atoms with E-state index in [0.717, 1.165) is 29.8 Å². The molecular formula is C18H19NO2. The Morgan fingerprint density at radius 2 is 1.95 bits per heavy atom. The molecule has 0 saturated heterocycles. The number of ether oxygens (including phenoxy) is 1. The fourth-order valence-corrected chi connectivity index (χ4v) is 2.71. The average molecular weight is 281 g/mol. The average Bonchev–Trinajstić information content (AvgIpc) is 2.94. The van der Waals surface area contributed by atoms with Crippen LogP contribution in [0.15, 0.2) is 42.5 Å². The van der Waals surface area contributed by atoms with Crippen LogP contribution < -0.4 is 10.1 Å². The number of fused-ring (bicyclic) bond motifs is 1. The first-order chi connectivity index (χ1) is 10.2. The van der Waals surface area contributed by atoms with Gasteiger partial charge in [0.15, 0.2) is 6.61 Å². The topological polar surface area (TPSA) is 38.3 Å². The van der Waals surface area contributed by atoms with E-state index in [1.54, 1.807) is 0 Å². The maximum Gasteiger partial charge on any atom is 0.262 e. The summed E-state index contributed by atoms with van der Waals surface area (Å²) in [5, 5.41) is 2.90. The first-order valence-electron chi connectivity index (χ1n) is 7.32.